The molecule has 0 bridgehead atoms. The summed E-state index contributed by atoms with van der Waals surface area (Å²) in [5, 5.41) is 14.9. The van der Waals surface area contributed by atoms with Gasteiger partial charge >= 0.3 is 6.09 Å². The molecule has 0 aromatic carbocycles. The largest absolute Gasteiger partial charge is 0.465 e. The third-order valence-corrected chi connectivity index (χ3v) is 5.01. The van der Waals surface area contributed by atoms with Crippen molar-refractivity contribution in [1.29, 1.82) is 0 Å². The molecule has 9 heteroatoms. The van der Waals surface area contributed by atoms with Crippen LogP contribution < -0.4 is 16.4 Å². The summed E-state index contributed by atoms with van der Waals surface area (Å²) in [6.07, 6.45) is 5.57. The Labute approximate surface area is 174 Å². The van der Waals surface area contributed by atoms with Crippen LogP contribution in [0.25, 0.3) is 0 Å². The summed E-state index contributed by atoms with van der Waals surface area (Å²) in [7, 11) is 0. The second-order valence-corrected chi connectivity index (χ2v) is 8.56. The smallest absolute Gasteiger partial charge is 0.408 e. The van der Waals surface area contributed by atoms with Gasteiger partial charge in [0, 0.05) is 17.6 Å². The van der Waals surface area contributed by atoms with Gasteiger partial charge in [-0.3, -0.25) is 14.5 Å². The first-order valence-electron chi connectivity index (χ1n) is 9.82. The van der Waals surface area contributed by atoms with E-state index >= 15 is 0 Å². The molecule has 28 heavy (non-hydrogen) atoms. The van der Waals surface area contributed by atoms with E-state index in [2.05, 4.69) is 10.6 Å². The SMILES string of the molecule is C[C@@H](N)C(=O)NC1CCC1.C[C@H](C(=O)NC1CCC1)N(C(=O)O)C(C)(C)C.Cl. The van der Waals surface area contributed by atoms with E-state index in [4.69, 9.17) is 5.73 Å². The van der Waals surface area contributed by atoms with Gasteiger partial charge in [-0.15, -0.1) is 12.4 Å². The van der Waals surface area contributed by atoms with Gasteiger partial charge in [0.15, 0.2) is 0 Å². The lowest BCUT2D eigenvalue weighted by molar-refractivity contribution is -0.128. The van der Waals surface area contributed by atoms with Gasteiger partial charge in [0.2, 0.25) is 11.8 Å². The molecule has 2 fully saturated rings. The van der Waals surface area contributed by atoms with Crippen molar-refractivity contribution >= 4 is 30.3 Å². The van der Waals surface area contributed by atoms with Crippen molar-refractivity contribution in [2.75, 3.05) is 0 Å². The Kier molecular flexibility index (Phi) is 10.8. The molecule has 0 heterocycles. The topological polar surface area (TPSA) is 125 Å². The number of carboxylic acid groups (broad SMARTS) is 1. The molecule has 0 saturated heterocycles. The van der Waals surface area contributed by atoms with E-state index in [1.807, 2.05) is 0 Å². The summed E-state index contributed by atoms with van der Waals surface area (Å²) in [5.74, 6) is -0.225. The van der Waals surface area contributed by atoms with Crippen molar-refractivity contribution in [3.8, 4) is 0 Å². The number of nitrogens with one attached hydrogen (secondary N) is 2. The van der Waals surface area contributed by atoms with Gasteiger partial charge < -0.3 is 21.5 Å². The number of carbonyl (C=O) groups excluding carboxylic acids is 2. The van der Waals surface area contributed by atoms with Crippen LogP contribution in [0.4, 0.5) is 4.79 Å². The zero-order chi connectivity index (χ0) is 20.8. The van der Waals surface area contributed by atoms with Crippen LogP contribution in [0, 0.1) is 0 Å². The molecule has 2 saturated carbocycles. The predicted octanol–water partition coefficient (Wildman–Crippen LogP) is 2.25. The lowest BCUT2D eigenvalue weighted by Crippen LogP contribution is -2.57. The highest BCUT2D eigenvalue weighted by molar-refractivity contribution is 5.86. The zero-order valence-corrected chi connectivity index (χ0v) is 18.5. The monoisotopic (exact) mass is 420 g/mol. The number of hydrogen-bond donors (Lipinski definition) is 4. The second-order valence-electron chi connectivity index (χ2n) is 8.56. The Morgan fingerprint density at radius 2 is 1.36 bits per heavy atom. The molecule has 2 aliphatic carbocycles. The minimum absolute atomic E-state index is 0. The normalized spacial score (nSPS) is 18.6. The van der Waals surface area contributed by atoms with Gasteiger partial charge in [-0.1, -0.05) is 0 Å². The number of nitrogens with two attached hydrogens (primary N) is 1. The van der Waals surface area contributed by atoms with Crippen LogP contribution >= 0.6 is 12.4 Å². The maximum absolute atomic E-state index is 11.9. The predicted molar refractivity (Wildman–Crippen MR) is 112 cm³/mol. The maximum Gasteiger partial charge on any atom is 0.408 e. The number of amides is 3. The highest BCUT2D eigenvalue weighted by atomic mass is 35.5. The van der Waals surface area contributed by atoms with E-state index in [1.54, 1.807) is 34.6 Å². The van der Waals surface area contributed by atoms with Gasteiger partial charge in [-0.25, -0.2) is 4.79 Å². The molecule has 0 radical (unpaired) electrons. The molecule has 0 unspecified atom stereocenters. The van der Waals surface area contributed by atoms with Crippen molar-refractivity contribution in [2.45, 2.75) is 103 Å². The third-order valence-electron chi connectivity index (χ3n) is 5.01. The fourth-order valence-corrected chi connectivity index (χ4v) is 2.91. The van der Waals surface area contributed by atoms with Crippen molar-refractivity contribution < 1.29 is 19.5 Å². The number of halogens is 1. The molecule has 0 aromatic heterocycles. The standard InChI is InChI=1S/C12H22N2O3.C7H14N2O.ClH/c1-8(10(15)13-9-6-5-7-9)14(11(16)17)12(2,3)4;1-5(8)7(10)9-6-3-2-4-6;/h8-9H,5-7H2,1-4H3,(H,13,15)(H,16,17);5-6H,2-4,8H2,1H3,(H,9,10);1H/t8-;5-;/m11./s1. The van der Waals surface area contributed by atoms with Crippen LogP contribution in [0.3, 0.4) is 0 Å². The van der Waals surface area contributed by atoms with Crippen molar-refractivity contribution in [3.05, 3.63) is 0 Å². The molecule has 2 aliphatic rings. The summed E-state index contributed by atoms with van der Waals surface area (Å²) in [6.45, 7) is 8.69. The third kappa shape index (κ3) is 8.22. The van der Waals surface area contributed by atoms with Crippen LogP contribution in [0.2, 0.25) is 0 Å². The van der Waals surface area contributed by atoms with Crippen molar-refractivity contribution in [2.24, 2.45) is 5.73 Å². The van der Waals surface area contributed by atoms with Crippen LogP contribution in [-0.4, -0.2) is 57.6 Å². The van der Waals surface area contributed by atoms with Crippen LogP contribution in [0.15, 0.2) is 0 Å². The molecule has 0 aromatic rings. The Balaban J connectivity index is 0.000000567. The fourth-order valence-electron chi connectivity index (χ4n) is 2.91. The van der Waals surface area contributed by atoms with E-state index in [0.29, 0.717) is 6.04 Å². The van der Waals surface area contributed by atoms with Gasteiger partial charge in [-0.05, 0) is 73.1 Å². The average Bonchev–Trinajstić information content (AvgIpc) is 2.44. The Hall–Kier alpha value is -1.54. The van der Waals surface area contributed by atoms with E-state index in [-0.39, 0.29) is 36.3 Å². The van der Waals surface area contributed by atoms with Gasteiger partial charge in [0.05, 0.1) is 6.04 Å². The number of carbonyl (C=O) groups is 3. The quantitative estimate of drug-likeness (QED) is 0.542. The van der Waals surface area contributed by atoms with E-state index < -0.39 is 17.7 Å². The van der Waals surface area contributed by atoms with Crippen LogP contribution in [-0.2, 0) is 9.59 Å². The molecular weight excluding hydrogens is 384 g/mol. The molecule has 164 valence electrons. The molecule has 3 amide bonds. The minimum atomic E-state index is -1.06. The van der Waals surface area contributed by atoms with Gasteiger partial charge in [-0.2, -0.15) is 0 Å². The molecular formula is C19H37ClN4O4. The Morgan fingerprint density at radius 3 is 1.61 bits per heavy atom. The maximum atomic E-state index is 11.9. The summed E-state index contributed by atoms with van der Waals surface area (Å²) in [6, 6.07) is -0.368. The lowest BCUT2D eigenvalue weighted by atomic mass is 9.93. The number of rotatable bonds is 5. The van der Waals surface area contributed by atoms with Crippen molar-refractivity contribution in [1.82, 2.24) is 15.5 Å². The Bertz CT molecular complexity index is 529. The molecule has 8 nitrogen and oxygen atoms in total. The van der Waals surface area contributed by atoms with Gasteiger partial charge in [0.25, 0.3) is 0 Å². The summed E-state index contributed by atoms with van der Waals surface area (Å²) >= 11 is 0. The Morgan fingerprint density at radius 1 is 0.964 bits per heavy atom. The second kappa shape index (κ2) is 11.5. The summed E-state index contributed by atoms with van der Waals surface area (Å²) in [4.78, 5) is 35.2. The average molecular weight is 421 g/mol. The van der Waals surface area contributed by atoms with E-state index in [1.165, 1.54) is 11.3 Å². The first-order valence-corrected chi connectivity index (χ1v) is 9.82. The number of hydrogen-bond acceptors (Lipinski definition) is 4. The fraction of sp³-hybridized carbons (Fsp3) is 0.842. The first kappa shape index (κ1) is 26.5. The molecule has 0 aliphatic heterocycles. The lowest BCUT2D eigenvalue weighted by Gasteiger charge is -2.38. The summed E-state index contributed by atoms with van der Waals surface area (Å²) < 4.78 is 0. The molecule has 2 rings (SSSR count). The van der Waals surface area contributed by atoms with Crippen molar-refractivity contribution in [3.63, 3.8) is 0 Å². The minimum Gasteiger partial charge on any atom is -0.465 e. The molecule has 0 spiro atoms. The van der Waals surface area contributed by atoms with Gasteiger partial charge in [0.1, 0.15) is 6.04 Å². The van der Waals surface area contributed by atoms with Crippen LogP contribution in [0.5, 0.6) is 0 Å². The molecule has 2 atom stereocenters. The highest BCUT2D eigenvalue weighted by Gasteiger charge is 2.35. The summed E-state index contributed by atoms with van der Waals surface area (Å²) in [5.41, 5.74) is 4.77. The van der Waals surface area contributed by atoms with E-state index in [0.717, 1.165) is 32.1 Å². The zero-order valence-electron chi connectivity index (χ0n) is 17.7. The van der Waals surface area contributed by atoms with E-state index in [9.17, 15) is 19.5 Å². The first-order chi connectivity index (χ1) is 12.4. The number of nitrogens with zero attached hydrogens (tertiary/aromatic N) is 1. The van der Waals surface area contributed by atoms with Crippen LogP contribution in [0.1, 0.15) is 73.1 Å². The molecule has 5 N–H and O–H groups in total. The highest BCUT2D eigenvalue weighted by Crippen LogP contribution is 2.21.